The van der Waals surface area contributed by atoms with Crippen molar-refractivity contribution < 1.29 is 0 Å². The van der Waals surface area contributed by atoms with Crippen molar-refractivity contribution in [2.24, 2.45) is 0 Å². The number of anilines is 1. The summed E-state index contributed by atoms with van der Waals surface area (Å²) in [6.07, 6.45) is 0. The lowest BCUT2D eigenvalue weighted by Crippen LogP contribution is -1.99. The van der Waals surface area contributed by atoms with Gasteiger partial charge in [-0.2, -0.15) is 0 Å². The monoisotopic (exact) mass is 263 g/mol. The number of hydrogen-bond acceptors (Lipinski definition) is 3. The van der Waals surface area contributed by atoms with Crippen LogP contribution in [-0.4, -0.2) is 17.0 Å². The minimum atomic E-state index is 0.764. The fourth-order valence-electron chi connectivity index (χ4n) is 2.50. The summed E-state index contributed by atoms with van der Waals surface area (Å²) in [5, 5.41) is 4.20. The molecule has 3 rings (SSSR count). The highest BCUT2D eigenvalue weighted by molar-refractivity contribution is 5.90. The van der Waals surface area contributed by atoms with Crippen LogP contribution in [0.3, 0.4) is 0 Å². The first-order valence-corrected chi connectivity index (χ1v) is 6.70. The number of nitrogens with zero attached hydrogens (tertiary/aromatic N) is 2. The Balaban J connectivity index is 2.26. The van der Waals surface area contributed by atoms with Gasteiger partial charge in [-0.3, -0.25) is 0 Å². The van der Waals surface area contributed by atoms with Gasteiger partial charge in [0.25, 0.3) is 0 Å². The third-order valence-electron chi connectivity index (χ3n) is 3.32. The Labute approximate surface area is 118 Å². The van der Waals surface area contributed by atoms with Crippen LogP contribution < -0.4 is 5.32 Å². The molecule has 1 heterocycles. The quantitative estimate of drug-likeness (QED) is 0.760. The highest BCUT2D eigenvalue weighted by Crippen LogP contribution is 2.25. The van der Waals surface area contributed by atoms with E-state index in [0.717, 1.165) is 28.1 Å². The predicted octanol–water partition coefficient (Wildman–Crippen LogP) is 3.96. The van der Waals surface area contributed by atoms with Crippen molar-refractivity contribution in [3.63, 3.8) is 0 Å². The minimum absolute atomic E-state index is 0.764. The first kappa shape index (κ1) is 12.6. The summed E-state index contributed by atoms with van der Waals surface area (Å²) in [7, 11) is 1.89. The van der Waals surface area contributed by atoms with Gasteiger partial charge in [0.05, 0.1) is 5.52 Å². The van der Waals surface area contributed by atoms with Crippen molar-refractivity contribution >= 4 is 16.7 Å². The Morgan fingerprint density at radius 3 is 2.30 bits per heavy atom. The number of fused-ring (bicyclic) bond motifs is 1. The molecule has 0 saturated carbocycles. The molecule has 100 valence electrons. The third-order valence-corrected chi connectivity index (χ3v) is 3.32. The van der Waals surface area contributed by atoms with Gasteiger partial charge in [-0.15, -0.1) is 0 Å². The molecule has 3 aromatic rings. The zero-order valence-electron chi connectivity index (χ0n) is 11.9. The normalized spacial score (nSPS) is 10.8. The van der Waals surface area contributed by atoms with Gasteiger partial charge in [0.15, 0.2) is 5.82 Å². The van der Waals surface area contributed by atoms with E-state index in [1.165, 1.54) is 11.1 Å². The second-order valence-electron chi connectivity index (χ2n) is 5.04. The highest BCUT2D eigenvalue weighted by atomic mass is 15.0. The van der Waals surface area contributed by atoms with Crippen LogP contribution in [0, 0.1) is 13.8 Å². The maximum Gasteiger partial charge on any atom is 0.162 e. The molecule has 1 N–H and O–H groups in total. The van der Waals surface area contributed by atoms with Crippen molar-refractivity contribution in [1.29, 1.82) is 0 Å². The summed E-state index contributed by atoms with van der Waals surface area (Å²) in [5.41, 5.74) is 4.47. The highest BCUT2D eigenvalue weighted by Gasteiger charge is 2.08. The van der Waals surface area contributed by atoms with E-state index < -0.39 is 0 Å². The van der Waals surface area contributed by atoms with Crippen molar-refractivity contribution in [2.45, 2.75) is 13.8 Å². The molecule has 0 saturated heterocycles. The van der Waals surface area contributed by atoms with Gasteiger partial charge in [-0.25, -0.2) is 9.97 Å². The molecule has 0 aliphatic carbocycles. The fraction of sp³-hybridized carbons (Fsp3) is 0.176. The van der Waals surface area contributed by atoms with Crippen LogP contribution in [0.4, 0.5) is 5.82 Å². The van der Waals surface area contributed by atoms with E-state index in [-0.39, 0.29) is 0 Å². The van der Waals surface area contributed by atoms with Crippen molar-refractivity contribution in [3.8, 4) is 11.4 Å². The number of para-hydroxylation sites is 1. The summed E-state index contributed by atoms with van der Waals surface area (Å²) >= 11 is 0. The van der Waals surface area contributed by atoms with Crippen LogP contribution in [0.1, 0.15) is 11.1 Å². The van der Waals surface area contributed by atoms with Crippen molar-refractivity contribution in [1.82, 2.24) is 9.97 Å². The molecule has 0 radical (unpaired) electrons. The summed E-state index contributed by atoms with van der Waals surface area (Å²) < 4.78 is 0. The van der Waals surface area contributed by atoms with Crippen LogP contribution in [0.15, 0.2) is 42.5 Å². The molecule has 3 heteroatoms. The van der Waals surface area contributed by atoms with Gasteiger partial charge >= 0.3 is 0 Å². The Bertz CT molecular complexity index is 758. The average Bonchev–Trinajstić information content (AvgIpc) is 2.45. The molecule has 0 fully saturated rings. The molecule has 0 spiro atoms. The minimum Gasteiger partial charge on any atom is -0.373 e. The summed E-state index contributed by atoms with van der Waals surface area (Å²) in [4.78, 5) is 9.33. The van der Waals surface area contributed by atoms with Crippen LogP contribution in [0.5, 0.6) is 0 Å². The average molecular weight is 263 g/mol. The second-order valence-corrected chi connectivity index (χ2v) is 5.04. The number of aromatic nitrogens is 2. The molecule has 0 atom stereocenters. The van der Waals surface area contributed by atoms with Gasteiger partial charge in [0.2, 0.25) is 0 Å². The van der Waals surface area contributed by atoms with Gasteiger partial charge in [0.1, 0.15) is 5.82 Å². The summed E-state index contributed by atoms with van der Waals surface area (Å²) in [6, 6.07) is 14.5. The van der Waals surface area contributed by atoms with Crippen molar-refractivity contribution in [3.05, 3.63) is 53.6 Å². The van der Waals surface area contributed by atoms with E-state index in [4.69, 9.17) is 0 Å². The smallest absolute Gasteiger partial charge is 0.162 e. The number of rotatable bonds is 2. The Morgan fingerprint density at radius 2 is 1.60 bits per heavy atom. The molecule has 20 heavy (non-hydrogen) atoms. The molecular weight excluding hydrogens is 246 g/mol. The Hall–Kier alpha value is -2.42. The van der Waals surface area contributed by atoms with E-state index in [1.54, 1.807) is 0 Å². The largest absolute Gasteiger partial charge is 0.373 e. The van der Waals surface area contributed by atoms with E-state index >= 15 is 0 Å². The van der Waals surface area contributed by atoms with E-state index in [0.29, 0.717) is 0 Å². The first-order valence-electron chi connectivity index (χ1n) is 6.70. The lowest BCUT2D eigenvalue weighted by molar-refractivity contribution is 1.21. The molecule has 0 bridgehead atoms. The van der Waals surface area contributed by atoms with Crippen LogP contribution in [0.2, 0.25) is 0 Å². The van der Waals surface area contributed by atoms with E-state index in [2.05, 4.69) is 47.3 Å². The maximum atomic E-state index is 4.69. The lowest BCUT2D eigenvalue weighted by Gasteiger charge is -2.09. The first-order chi connectivity index (χ1) is 9.67. The van der Waals surface area contributed by atoms with Gasteiger partial charge < -0.3 is 5.32 Å². The Morgan fingerprint density at radius 1 is 0.900 bits per heavy atom. The molecule has 0 aliphatic rings. The predicted molar refractivity (Wildman–Crippen MR) is 84.0 cm³/mol. The second kappa shape index (κ2) is 4.93. The van der Waals surface area contributed by atoms with E-state index in [1.807, 2.05) is 31.3 Å². The van der Waals surface area contributed by atoms with Crippen LogP contribution >= 0.6 is 0 Å². The fourth-order valence-corrected chi connectivity index (χ4v) is 2.50. The number of hydrogen-bond donors (Lipinski definition) is 1. The van der Waals surface area contributed by atoms with Crippen LogP contribution in [0.25, 0.3) is 22.3 Å². The molecule has 0 aliphatic heterocycles. The van der Waals surface area contributed by atoms with Gasteiger partial charge in [-0.1, -0.05) is 29.3 Å². The Kier molecular flexibility index (Phi) is 3.11. The standard InChI is InChI=1S/C17H17N3/c1-11-8-12(2)10-13(9-11)16-19-15-7-5-4-6-14(15)17(18-3)20-16/h4-10H,1-3H3,(H,18,19,20). The van der Waals surface area contributed by atoms with Crippen LogP contribution in [-0.2, 0) is 0 Å². The topological polar surface area (TPSA) is 37.8 Å². The zero-order valence-corrected chi connectivity index (χ0v) is 11.9. The van der Waals surface area contributed by atoms with Gasteiger partial charge in [-0.05, 0) is 38.1 Å². The SMILES string of the molecule is CNc1nc(-c2cc(C)cc(C)c2)nc2ccccc12. The number of benzene rings is 2. The zero-order chi connectivity index (χ0) is 14.1. The van der Waals surface area contributed by atoms with E-state index in [9.17, 15) is 0 Å². The number of aryl methyl sites for hydroxylation is 2. The molecule has 0 amide bonds. The summed E-state index contributed by atoms with van der Waals surface area (Å²) in [6.45, 7) is 4.19. The molecule has 1 aromatic heterocycles. The third kappa shape index (κ3) is 2.23. The van der Waals surface area contributed by atoms with Gasteiger partial charge in [0, 0.05) is 18.0 Å². The summed E-state index contributed by atoms with van der Waals surface area (Å²) in [5.74, 6) is 1.63. The molecule has 0 unspecified atom stereocenters. The maximum absolute atomic E-state index is 4.69. The van der Waals surface area contributed by atoms with Crippen molar-refractivity contribution in [2.75, 3.05) is 12.4 Å². The lowest BCUT2D eigenvalue weighted by atomic mass is 10.1. The molecule has 3 nitrogen and oxygen atoms in total. The molecule has 2 aromatic carbocycles. The number of nitrogens with one attached hydrogen (secondary N) is 1. The molecular formula is C17H17N3.